The molecular weight excluding hydrogens is 267 g/mol. The fourth-order valence-electron chi connectivity index (χ4n) is 2.19. The van der Waals surface area contributed by atoms with E-state index >= 15 is 0 Å². The molecule has 110 valence electrons. The zero-order valence-electron chi connectivity index (χ0n) is 12.4. The number of rotatable bonds is 3. The van der Waals surface area contributed by atoms with Crippen LogP contribution in [0.2, 0.25) is 0 Å². The van der Waals surface area contributed by atoms with Crippen molar-refractivity contribution >= 4 is 5.91 Å². The summed E-state index contributed by atoms with van der Waals surface area (Å²) in [7, 11) is 0. The molecule has 2 rings (SSSR count). The van der Waals surface area contributed by atoms with E-state index in [1.807, 2.05) is 51.1 Å². The van der Waals surface area contributed by atoms with Crippen LogP contribution in [-0.4, -0.2) is 10.9 Å². The highest BCUT2D eigenvalue weighted by atomic mass is 19.1. The minimum Gasteiger partial charge on any atom is -0.343 e. The van der Waals surface area contributed by atoms with Gasteiger partial charge in [0, 0.05) is 0 Å². The van der Waals surface area contributed by atoms with E-state index < -0.39 is 5.95 Å². The standard InChI is InChI=1S/C17H19FN2O/c1-17(2,3)15(12-8-5-4-6-9-12)20-16(21)13-10-7-11-14(18)19-13/h4-11,15H,1-3H3,(H,20,21). The molecule has 1 aromatic heterocycles. The fourth-order valence-corrected chi connectivity index (χ4v) is 2.19. The zero-order valence-corrected chi connectivity index (χ0v) is 12.4. The minimum absolute atomic E-state index is 0.0835. The number of nitrogens with zero attached hydrogens (tertiary/aromatic N) is 1. The lowest BCUT2D eigenvalue weighted by Crippen LogP contribution is -2.37. The molecule has 1 N–H and O–H groups in total. The molecule has 1 unspecified atom stereocenters. The largest absolute Gasteiger partial charge is 0.343 e. The van der Waals surface area contributed by atoms with Crippen molar-refractivity contribution in [1.29, 1.82) is 0 Å². The third kappa shape index (κ3) is 3.88. The lowest BCUT2D eigenvalue weighted by Gasteiger charge is -2.31. The molecule has 0 radical (unpaired) electrons. The number of hydrogen-bond acceptors (Lipinski definition) is 2. The molecule has 0 bridgehead atoms. The average molecular weight is 286 g/mol. The molecule has 0 aliphatic heterocycles. The van der Waals surface area contributed by atoms with E-state index in [0.29, 0.717) is 0 Å². The lowest BCUT2D eigenvalue weighted by molar-refractivity contribution is 0.0895. The SMILES string of the molecule is CC(C)(C)C(NC(=O)c1cccc(F)n1)c1ccccc1. The first kappa shape index (κ1) is 15.2. The molecule has 3 nitrogen and oxygen atoms in total. The Kier molecular flexibility index (Phi) is 4.36. The number of pyridine rings is 1. The first-order chi connectivity index (χ1) is 9.88. The van der Waals surface area contributed by atoms with Crippen molar-refractivity contribution < 1.29 is 9.18 Å². The van der Waals surface area contributed by atoms with Gasteiger partial charge in [0.2, 0.25) is 5.95 Å². The van der Waals surface area contributed by atoms with Crippen molar-refractivity contribution in [2.24, 2.45) is 5.41 Å². The van der Waals surface area contributed by atoms with Gasteiger partial charge in [-0.1, -0.05) is 57.2 Å². The van der Waals surface area contributed by atoms with E-state index in [2.05, 4.69) is 10.3 Å². The predicted octanol–water partition coefficient (Wildman–Crippen LogP) is 3.74. The molecule has 0 fully saturated rings. The predicted molar refractivity (Wildman–Crippen MR) is 80.3 cm³/mol. The van der Waals surface area contributed by atoms with E-state index in [-0.39, 0.29) is 23.1 Å². The number of nitrogens with one attached hydrogen (secondary N) is 1. The lowest BCUT2D eigenvalue weighted by atomic mass is 9.82. The van der Waals surface area contributed by atoms with E-state index in [1.165, 1.54) is 18.2 Å². The van der Waals surface area contributed by atoms with Crippen LogP contribution in [0.1, 0.15) is 42.9 Å². The maximum atomic E-state index is 13.1. The summed E-state index contributed by atoms with van der Waals surface area (Å²) in [4.78, 5) is 15.9. The van der Waals surface area contributed by atoms with Crippen molar-refractivity contribution in [3.05, 3.63) is 65.7 Å². The van der Waals surface area contributed by atoms with Gasteiger partial charge in [0.1, 0.15) is 5.69 Å². The third-order valence-corrected chi connectivity index (χ3v) is 3.22. The monoisotopic (exact) mass is 286 g/mol. The number of halogens is 1. The van der Waals surface area contributed by atoms with E-state index in [4.69, 9.17) is 0 Å². The van der Waals surface area contributed by atoms with Crippen LogP contribution in [0.5, 0.6) is 0 Å². The van der Waals surface area contributed by atoms with Gasteiger partial charge in [-0.25, -0.2) is 4.98 Å². The molecule has 1 aromatic carbocycles. The molecule has 1 atom stereocenters. The van der Waals surface area contributed by atoms with Crippen LogP contribution in [0.4, 0.5) is 4.39 Å². The molecular formula is C17H19FN2O. The highest BCUT2D eigenvalue weighted by Crippen LogP contribution is 2.32. The molecule has 0 saturated heterocycles. The number of carbonyl (C=O) groups is 1. The Labute approximate surface area is 124 Å². The Morgan fingerprint density at radius 1 is 1.10 bits per heavy atom. The Hall–Kier alpha value is -2.23. The van der Waals surface area contributed by atoms with Crippen LogP contribution in [0.25, 0.3) is 0 Å². The summed E-state index contributed by atoms with van der Waals surface area (Å²) in [5, 5.41) is 2.95. The Morgan fingerprint density at radius 2 is 1.76 bits per heavy atom. The summed E-state index contributed by atoms with van der Waals surface area (Å²) >= 11 is 0. The van der Waals surface area contributed by atoms with E-state index in [1.54, 1.807) is 0 Å². The highest BCUT2D eigenvalue weighted by molar-refractivity contribution is 5.92. The molecule has 2 aromatic rings. The number of hydrogen-bond donors (Lipinski definition) is 1. The zero-order chi connectivity index (χ0) is 15.5. The Balaban J connectivity index is 2.26. The van der Waals surface area contributed by atoms with Crippen LogP contribution in [0.3, 0.4) is 0 Å². The number of aromatic nitrogens is 1. The van der Waals surface area contributed by atoms with Crippen LogP contribution in [0, 0.1) is 11.4 Å². The molecule has 1 amide bonds. The summed E-state index contributed by atoms with van der Waals surface area (Å²) in [6, 6.07) is 13.7. The van der Waals surface area contributed by atoms with Gasteiger partial charge in [-0.05, 0) is 23.1 Å². The van der Waals surface area contributed by atoms with Crippen molar-refractivity contribution in [1.82, 2.24) is 10.3 Å². The summed E-state index contributed by atoms with van der Waals surface area (Å²) < 4.78 is 13.1. The molecule has 4 heteroatoms. The smallest absolute Gasteiger partial charge is 0.270 e. The number of carbonyl (C=O) groups excluding carboxylic acids is 1. The van der Waals surface area contributed by atoms with Gasteiger partial charge in [0.05, 0.1) is 6.04 Å². The van der Waals surface area contributed by atoms with Gasteiger partial charge < -0.3 is 5.32 Å². The van der Waals surface area contributed by atoms with Gasteiger partial charge in [-0.15, -0.1) is 0 Å². The van der Waals surface area contributed by atoms with Crippen LogP contribution < -0.4 is 5.32 Å². The topological polar surface area (TPSA) is 42.0 Å². The van der Waals surface area contributed by atoms with Gasteiger partial charge in [-0.2, -0.15) is 4.39 Å². The molecule has 0 spiro atoms. The Morgan fingerprint density at radius 3 is 2.33 bits per heavy atom. The molecule has 1 heterocycles. The average Bonchev–Trinajstić information content (AvgIpc) is 2.44. The highest BCUT2D eigenvalue weighted by Gasteiger charge is 2.28. The maximum Gasteiger partial charge on any atom is 0.270 e. The van der Waals surface area contributed by atoms with Crippen molar-refractivity contribution in [2.75, 3.05) is 0 Å². The molecule has 21 heavy (non-hydrogen) atoms. The third-order valence-electron chi connectivity index (χ3n) is 3.22. The number of benzene rings is 1. The van der Waals surface area contributed by atoms with Crippen LogP contribution >= 0.6 is 0 Å². The van der Waals surface area contributed by atoms with Crippen molar-refractivity contribution in [3.8, 4) is 0 Å². The summed E-state index contributed by atoms with van der Waals surface area (Å²) in [6.45, 7) is 6.14. The van der Waals surface area contributed by atoms with Crippen molar-refractivity contribution in [3.63, 3.8) is 0 Å². The van der Waals surface area contributed by atoms with Gasteiger partial charge in [0.15, 0.2) is 0 Å². The second-order valence-corrected chi connectivity index (χ2v) is 6.03. The quantitative estimate of drug-likeness (QED) is 0.873. The van der Waals surface area contributed by atoms with Gasteiger partial charge in [-0.3, -0.25) is 4.79 Å². The number of amides is 1. The van der Waals surface area contributed by atoms with E-state index in [0.717, 1.165) is 5.56 Å². The first-order valence-corrected chi connectivity index (χ1v) is 6.86. The second kappa shape index (κ2) is 6.04. The summed E-state index contributed by atoms with van der Waals surface area (Å²) in [6.07, 6.45) is 0. The summed E-state index contributed by atoms with van der Waals surface area (Å²) in [5.41, 5.74) is 0.916. The van der Waals surface area contributed by atoms with Crippen LogP contribution in [0.15, 0.2) is 48.5 Å². The molecule has 0 saturated carbocycles. The van der Waals surface area contributed by atoms with Gasteiger partial charge in [0.25, 0.3) is 5.91 Å². The minimum atomic E-state index is -0.658. The van der Waals surface area contributed by atoms with Crippen molar-refractivity contribution in [2.45, 2.75) is 26.8 Å². The summed E-state index contributed by atoms with van der Waals surface area (Å²) in [5.74, 6) is -1.03. The Bertz CT molecular complexity index is 620. The second-order valence-electron chi connectivity index (χ2n) is 6.03. The van der Waals surface area contributed by atoms with Gasteiger partial charge >= 0.3 is 0 Å². The molecule has 0 aliphatic rings. The van der Waals surface area contributed by atoms with Crippen LogP contribution in [-0.2, 0) is 0 Å². The van der Waals surface area contributed by atoms with E-state index in [9.17, 15) is 9.18 Å². The normalized spacial score (nSPS) is 12.8. The first-order valence-electron chi connectivity index (χ1n) is 6.86. The maximum absolute atomic E-state index is 13.1. The fraction of sp³-hybridized carbons (Fsp3) is 0.294. The molecule has 0 aliphatic carbocycles.